The van der Waals surface area contributed by atoms with Crippen molar-refractivity contribution in [3.63, 3.8) is 0 Å². The van der Waals surface area contributed by atoms with Gasteiger partial charge in [-0.1, -0.05) is 25.2 Å². The summed E-state index contributed by atoms with van der Waals surface area (Å²) in [7, 11) is 0. The van der Waals surface area contributed by atoms with E-state index in [1.165, 1.54) is 10.5 Å². The third-order valence-corrected chi connectivity index (χ3v) is 4.94. The highest BCUT2D eigenvalue weighted by atomic mass is 32.2. The lowest BCUT2D eigenvalue weighted by molar-refractivity contribution is 0.475. The van der Waals surface area contributed by atoms with Crippen LogP contribution in [0.25, 0.3) is 0 Å². The number of hydrogen-bond donors (Lipinski definition) is 1. The Bertz CT molecular complexity index is 458. The highest BCUT2D eigenvalue weighted by Crippen LogP contribution is 2.42. The Morgan fingerprint density at radius 2 is 1.94 bits per heavy atom. The fourth-order valence-electron chi connectivity index (χ4n) is 2.12. The van der Waals surface area contributed by atoms with Gasteiger partial charge in [-0.15, -0.1) is 11.8 Å². The van der Waals surface area contributed by atoms with Crippen molar-refractivity contribution < 1.29 is 5.11 Å². The molecule has 1 aromatic rings. The van der Waals surface area contributed by atoms with Crippen LogP contribution in [0, 0.1) is 0 Å². The van der Waals surface area contributed by atoms with Gasteiger partial charge in [0.25, 0.3) is 0 Å². The average Bonchev–Trinajstić information content (AvgIpc) is 2.42. The molecular weight excluding hydrogens is 240 g/mol. The summed E-state index contributed by atoms with van der Waals surface area (Å²) in [4.78, 5) is 1.21. The standard InChI is InChI=1S/C16H20OS/c1-3-16(2,13-7-5-4-6-8-13)18-15-11-9-14(17)10-12-15/h5,7-12,17H,3-4,6H2,1-2H3. The van der Waals surface area contributed by atoms with Crippen molar-refractivity contribution >= 4 is 11.8 Å². The van der Waals surface area contributed by atoms with E-state index in [9.17, 15) is 5.11 Å². The molecule has 1 nitrogen and oxygen atoms in total. The zero-order valence-electron chi connectivity index (χ0n) is 11.0. The molecular formula is C16H20OS. The predicted octanol–water partition coefficient (Wildman–Crippen LogP) is 4.93. The second kappa shape index (κ2) is 5.66. The molecule has 0 aromatic heterocycles. The van der Waals surface area contributed by atoms with Crippen LogP contribution in [0.3, 0.4) is 0 Å². The molecule has 1 aliphatic rings. The van der Waals surface area contributed by atoms with E-state index in [4.69, 9.17) is 0 Å². The maximum atomic E-state index is 9.33. The first-order valence-electron chi connectivity index (χ1n) is 6.49. The first kappa shape index (κ1) is 13.3. The van der Waals surface area contributed by atoms with Crippen LogP contribution in [-0.4, -0.2) is 9.85 Å². The molecule has 0 radical (unpaired) electrons. The quantitative estimate of drug-likeness (QED) is 0.775. The van der Waals surface area contributed by atoms with E-state index < -0.39 is 0 Å². The fourth-order valence-corrected chi connectivity index (χ4v) is 3.32. The van der Waals surface area contributed by atoms with Gasteiger partial charge in [0.05, 0.1) is 0 Å². The third kappa shape index (κ3) is 2.99. The van der Waals surface area contributed by atoms with Crippen molar-refractivity contribution in [1.82, 2.24) is 0 Å². The maximum Gasteiger partial charge on any atom is 0.115 e. The molecule has 1 aliphatic carbocycles. The normalized spacial score (nSPS) is 18.2. The number of phenolic OH excluding ortho intramolecular Hbond substituents is 1. The van der Waals surface area contributed by atoms with Crippen molar-refractivity contribution in [3.8, 4) is 5.75 Å². The van der Waals surface area contributed by atoms with E-state index in [0.29, 0.717) is 5.75 Å². The minimum absolute atomic E-state index is 0.119. The van der Waals surface area contributed by atoms with Crippen molar-refractivity contribution in [2.45, 2.75) is 42.8 Å². The number of hydrogen-bond acceptors (Lipinski definition) is 2. The molecule has 0 spiro atoms. The minimum atomic E-state index is 0.119. The van der Waals surface area contributed by atoms with Crippen molar-refractivity contribution in [2.75, 3.05) is 0 Å². The van der Waals surface area contributed by atoms with Crippen molar-refractivity contribution in [2.24, 2.45) is 0 Å². The summed E-state index contributed by atoms with van der Waals surface area (Å²) in [6.45, 7) is 4.53. The number of phenols is 1. The SMILES string of the molecule is CCC(C)(Sc1ccc(O)cc1)C1=CCCC=C1. The van der Waals surface area contributed by atoms with E-state index >= 15 is 0 Å². The van der Waals surface area contributed by atoms with Crippen LogP contribution in [0.2, 0.25) is 0 Å². The Hall–Kier alpha value is -1.15. The molecule has 96 valence electrons. The summed E-state index contributed by atoms with van der Waals surface area (Å²) < 4.78 is 0.119. The van der Waals surface area contributed by atoms with Crippen molar-refractivity contribution in [3.05, 3.63) is 48.1 Å². The molecule has 1 aromatic carbocycles. The molecule has 0 saturated heterocycles. The van der Waals surface area contributed by atoms with E-state index in [0.717, 1.165) is 19.3 Å². The first-order chi connectivity index (χ1) is 8.64. The van der Waals surface area contributed by atoms with Gasteiger partial charge >= 0.3 is 0 Å². The van der Waals surface area contributed by atoms with E-state index in [-0.39, 0.29) is 4.75 Å². The van der Waals surface area contributed by atoms with Gasteiger partial charge in [-0.25, -0.2) is 0 Å². The summed E-state index contributed by atoms with van der Waals surface area (Å²) >= 11 is 1.88. The Morgan fingerprint density at radius 1 is 1.22 bits per heavy atom. The lowest BCUT2D eigenvalue weighted by Gasteiger charge is -2.30. The molecule has 2 heteroatoms. The van der Waals surface area contributed by atoms with Crippen LogP contribution in [-0.2, 0) is 0 Å². The molecule has 0 saturated carbocycles. The summed E-state index contributed by atoms with van der Waals surface area (Å²) in [5.74, 6) is 0.328. The summed E-state index contributed by atoms with van der Waals surface area (Å²) in [6, 6.07) is 7.48. The van der Waals surface area contributed by atoms with Crippen molar-refractivity contribution in [1.29, 1.82) is 0 Å². The summed E-state index contributed by atoms with van der Waals surface area (Å²) in [5.41, 5.74) is 1.43. The second-order valence-electron chi connectivity index (χ2n) is 4.82. The molecule has 0 bridgehead atoms. The topological polar surface area (TPSA) is 20.2 Å². The molecule has 0 heterocycles. The first-order valence-corrected chi connectivity index (χ1v) is 7.31. The average molecular weight is 260 g/mol. The molecule has 18 heavy (non-hydrogen) atoms. The van der Waals surface area contributed by atoms with Gasteiger partial charge in [0, 0.05) is 9.64 Å². The zero-order valence-corrected chi connectivity index (χ0v) is 11.8. The minimum Gasteiger partial charge on any atom is -0.508 e. The van der Waals surface area contributed by atoms with Crippen LogP contribution in [0.5, 0.6) is 5.75 Å². The smallest absolute Gasteiger partial charge is 0.115 e. The van der Waals surface area contributed by atoms with Crippen LogP contribution < -0.4 is 0 Å². The van der Waals surface area contributed by atoms with Gasteiger partial charge in [-0.3, -0.25) is 0 Å². The summed E-state index contributed by atoms with van der Waals surface area (Å²) in [6.07, 6.45) is 10.3. The molecule has 0 aliphatic heterocycles. The number of allylic oxidation sites excluding steroid dienone is 3. The fraction of sp³-hybridized carbons (Fsp3) is 0.375. The monoisotopic (exact) mass is 260 g/mol. The molecule has 1 atom stereocenters. The number of thioether (sulfide) groups is 1. The highest BCUT2D eigenvalue weighted by molar-refractivity contribution is 8.00. The zero-order chi connectivity index (χ0) is 13.0. The Kier molecular flexibility index (Phi) is 4.18. The molecule has 0 amide bonds. The molecule has 0 fully saturated rings. The van der Waals surface area contributed by atoms with Gasteiger partial charge < -0.3 is 5.11 Å². The Labute approximate surface area is 114 Å². The van der Waals surface area contributed by atoms with Gasteiger partial charge in [-0.2, -0.15) is 0 Å². The largest absolute Gasteiger partial charge is 0.508 e. The van der Waals surface area contributed by atoms with Gasteiger partial charge in [0.15, 0.2) is 0 Å². The predicted molar refractivity (Wildman–Crippen MR) is 79.1 cm³/mol. The van der Waals surface area contributed by atoms with Crippen LogP contribution in [0.1, 0.15) is 33.1 Å². The Morgan fingerprint density at radius 3 is 2.50 bits per heavy atom. The maximum absolute atomic E-state index is 9.33. The number of rotatable bonds is 4. The van der Waals surface area contributed by atoms with E-state index in [2.05, 4.69) is 32.1 Å². The van der Waals surface area contributed by atoms with Crippen LogP contribution in [0.4, 0.5) is 0 Å². The molecule has 1 unspecified atom stereocenters. The van der Waals surface area contributed by atoms with Gasteiger partial charge in [-0.05, 0) is 56.0 Å². The lowest BCUT2D eigenvalue weighted by Crippen LogP contribution is -2.21. The number of benzene rings is 1. The van der Waals surface area contributed by atoms with E-state index in [1.807, 2.05) is 23.9 Å². The van der Waals surface area contributed by atoms with Gasteiger partial charge in [0.1, 0.15) is 5.75 Å². The molecule has 1 N–H and O–H groups in total. The third-order valence-electron chi connectivity index (χ3n) is 3.46. The summed E-state index contributed by atoms with van der Waals surface area (Å²) in [5, 5.41) is 9.33. The van der Waals surface area contributed by atoms with Crippen LogP contribution in [0.15, 0.2) is 53.0 Å². The molecule has 2 rings (SSSR count). The van der Waals surface area contributed by atoms with E-state index in [1.54, 1.807) is 12.1 Å². The lowest BCUT2D eigenvalue weighted by atomic mass is 9.93. The second-order valence-corrected chi connectivity index (χ2v) is 6.40. The Balaban J connectivity index is 2.19. The van der Waals surface area contributed by atoms with Gasteiger partial charge in [0.2, 0.25) is 0 Å². The van der Waals surface area contributed by atoms with Crippen LogP contribution >= 0.6 is 11.8 Å². The highest BCUT2D eigenvalue weighted by Gasteiger charge is 2.27. The number of aromatic hydroxyl groups is 1.